The third-order valence-corrected chi connectivity index (χ3v) is 4.13. The first-order valence-corrected chi connectivity index (χ1v) is 7.51. The Bertz CT molecular complexity index is 274. The van der Waals surface area contributed by atoms with Crippen LogP contribution in [0.2, 0.25) is 0 Å². The number of nitrogens with one attached hydrogen (secondary N) is 1. The zero-order chi connectivity index (χ0) is 13.0. The Kier molecular flexibility index (Phi) is 5.01. The molecule has 4 nitrogen and oxygen atoms in total. The van der Waals surface area contributed by atoms with Gasteiger partial charge in [0.2, 0.25) is 5.91 Å². The molecule has 0 aromatic heterocycles. The van der Waals surface area contributed by atoms with Gasteiger partial charge in [0, 0.05) is 25.7 Å². The third-order valence-electron chi connectivity index (χ3n) is 4.13. The van der Waals surface area contributed by atoms with E-state index >= 15 is 0 Å². The van der Waals surface area contributed by atoms with Crippen LogP contribution in [-0.2, 0) is 4.79 Å². The SMILES string of the molecule is CCN(CC)CCN1CCCC(NC2CC2)C1=O. The molecular formula is C14H27N3O. The second-order valence-corrected chi connectivity index (χ2v) is 5.49. The molecular weight excluding hydrogens is 226 g/mol. The lowest BCUT2D eigenvalue weighted by molar-refractivity contribution is -0.136. The van der Waals surface area contributed by atoms with E-state index < -0.39 is 0 Å². The number of rotatable bonds is 7. The van der Waals surface area contributed by atoms with Crippen molar-refractivity contribution in [2.45, 2.75) is 51.6 Å². The molecule has 1 aliphatic heterocycles. The van der Waals surface area contributed by atoms with Gasteiger partial charge in [-0.3, -0.25) is 4.79 Å². The zero-order valence-electron chi connectivity index (χ0n) is 11.8. The lowest BCUT2D eigenvalue weighted by Gasteiger charge is -2.34. The van der Waals surface area contributed by atoms with Crippen LogP contribution >= 0.6 is 0 Å². The van der Waals surface area contributed by atoms with Crippen LogP contribution in [0.5, 0.6) is 0 Å². The number of piperidine rings is 1. The molecule has 2 fully saturated rings. The number of nitrogens with zero attached hydrogens (tertiary/aromatic N) is 2. The molecule has 0 aromatic rings. The molecule has 1 amide bonds. The Morgan fingerprint density at radius 3 is 2.61 bits per heavy atom. The number of carbonyl (C=O) groups excluding carboxylic acids is 1. The first-order valence-electron chi connectivity index (χ1n) is 7.51. The van der Waals surface area contributed by atoms with Crippen molar-refractivity contribution < 1.29 is 4.79 Å². The standard InChI is InChI=1S/C14H27N3O/c1-3-16(4-2)10-11-17-9-5-6-13(14(17)18)15-12-7-8-12/h12-13,15H,3-11H2,1-2H3. The van der Waals surface area contributed by atoms with Crippen LogP contribution in [0.3, 0.4) is 0 Å². The smallest absolute Gasteiger partial charge is 0.239 e. The maximum absolute atomic E-state index is 12.3. The molecule has 4 heteroatoms. The van der Waals surface area contributed by atoms with Crippen molar-refractivity contribution in [1.82, 2.24) is 15.1 Å². The fraction of sp³-hybridized carbons (Fsp3) is 0.929. The molecule has 0 radical (unpaired) electrons. The Labute approximate surface area is 111 Å². The van der Waals surface area contributed by atoms with Crippen molar-refractivity contribution in [3.8, 4) is 0 Å². The summed E-state index contributed by atoms with van der Waals surface area (Å²) in [6.07, 6.45) is 4.68. The van der Waals surface area contributed by atoms with E-state index in [4.69, 9.17) is 0 Å². The average Bonchev–Trinajstić information content (AvgIpc) is 3.19. The number of likely N-dealkylation sites (N-methyl/N-ethyl adjacent to an activating group) is 1. The van der Waals surface area contributed by atoms with Gasteiger partial charge in [-0.15, -0.1) is 0 Å². The average molecular weight is 253 g/mol. The lowest BCUT2D eigenvalue weighted by Crippen LogP contribution is -2.52. The molecule has 1 atom stereocenters. The van der Waals surface area contributed by atoms with Crippen molar-refractivity contribution in [3.05, 3.63) is 0 Å². The molecule has 1 aliphatic carbocycles. The van der Waals surface area contributed by atoms with Gasteiger partial charge in [-0.05, 0) is 38.8 Å². The molecule has 1 heterocycles. The normalized spacial score (nSPS) is 24.9. The number of hydrogen-bond donors (Lipinski definition) is 1. The Morgan fingerprint density at radius 2 is 2.00 bits per heavy atom. The van der Waals surface area contributed by atoms with Crippen LogP contribution in [0.4, 0.5) is 0 Å². The minimum Gasteiger partial charge on any atom is -0.340 e. The summed E-state index contributed by atoms with van der Waals surface area (Å²) >= 11 is 0. The maximum atomic E-state index is 12.3. The molecule has 0 spiro atoms. The third kappa shape index (κ3) is 3.69. The van der Waals surface area contributed by atoms with Gasteiger partial charge in [0.25, 0.3) is 0 Å². The van der Waals surface area contributed by atoms with Gasteiger partial charge in [0.05, 0.1) is 6.04 Å². The van der Waals surface area contributed by atoms with E-state index in [9.17, 15) is 4.79 Å². The topological polar surface area (TPSA) is 35.6 Å². The largest absolute Gasteiger partial charge is 0.340 e. The number of carbonyl (C=O) groups is 1. The van der Waals surface area contributed by atoms with E-state index in [0.717, 1.165) is 45.6 Å². The van der Waals surface area contributed by atoms with Crippen molar-refractivity contribution >= 4 is 5.91 Å². The molecule has 2 rings (SSSR count). The minimum absolute atomic E-state index is 0.1000. The molecule has 104 valence electrons. The first kappa shape index (κ1) is 13.8. The highest BCUT2D eigenvalue weighted by Crippen LogP contribution is 2.22. The monoisotopic (exact) mass is 253 g/mol. The second kappa shape index (κ2) is 6.53. The summed E-state index contributed by atoms with van der Waals surface area (Å²) in [5.74, 6) is 0.334. The van der Waals surface area contributed by atoms with E-state index in [0.29, 0.717) is 11.9 Å². The Hall–Kier alpha value is -0.610. The summed E-state index contributed by atoms with van der Waals surface area (Å²) in [5.41, 5.74) is 0. The van der Waals surface area contributed by atoms with Crippen molar-refractivity contribution in [3.63, 3.8) is 0 Å². The Morgan fingerprint density at radius 1 is 1.28 bits per heavy atom. The van der Waals surface area contributed by atoms with Crippen LogP contribution < -0.4 is 5.32 Å². The van der Waals surface area contributed by atoms with Gasteiger partial charge in [-0.1, -0.05) is 13.8 Å². The number of amides is 1. The van der Waals surface area contributed by atoms with Crippen molar-refractivity contribution in [2.24, 2.45) is 0 Å². The first-order chi connectivity index (χ1) is 8.74. The Balaban J connectivity index is 1.78. The van der Waals surface area contributed by atoms with Gasteiger partial charge < -0.3 is 15.1 Å². The van der Waals surface area contributed by atoms with Crippen LogP contribution in [0.15, 0.2) is 0 Å². The van der Waals surface area contributed by atoms with Gasteiger partial charge in [0.15, 0.2) is 0 Å². The molecule has 1 saturated heterocycles. The molecule has 0 aromatic carbocycles. The van der Waals surface area contributed by atoms with Gasteiger partial charge >= 0.3 is 0 Å². The quantitative estimate of drug-likeness (QED) is 0.737. The van der Waals surface area contributed by atoms with E-state index in [-0.39, 0.29) is 6.04 Å². The maximum Gasteiger partial charge on any atom is 0.239 e. The molecule has 18 heavy (non-hydrogen) atoms. The van der Waals surface area contributed by atoms with Crippen molar-refractivity contribution in [2.75, 3.05) is 32.7 Å². The van der Waals surface area contributed by atoms with Crippen LogP contribution in [-0.4, -0.2) is 60.5 Å². The predicted octanol–water partition coefficient (Wildman–Crippen LogP) is 1.07. The summed E-state index contributed by atoms with van der Waals surface area (Å²) < 4.78 is 0. The predicted molar refractivity (Wildman–Crippen MR) is 73.5 cm³/mol. The molecule has 1 saturated carbocycles. The summed E-state index contributed by atoms with van der Waals surface area (Å²) in [5, 5.41) is 3.48. The van der Waals surface area contributed by atoms with Crippen LogP contribution in [0.1, 0.15) is 39.5 Å². The molecule has 1 unspecified atom stereocenters. The van der Waals surface area contributed by atoms with E-state index in [2.05, 4.69) is 29.0 Å². The van der Waals surface area contributed by atoms with Gasteiger partial charge in [0.1, 0.15) is 0 Å². The summed E-state index contributed by atoms with van der Waals surface area (Å²) in [4.78, 5) is 16.8. The fourth-order valence-corrected chi connectivity index (χ4v) is 2.65. The van der Waals surface area contributed by atoms with Gasteiger partial charge in [-0.25, -0.2) is 0 Å². The number of hydrogen-bond acceptors (Lipinski definition) is 3. The van der Waals surface area contributed by atoms with Crippen molar-refractivity contribution in [1.29, 1.82) is 0 Å². The minimum atomic E-state index is 0.1000. The van der Waals surface area contributed by atoms with Crippen LogP contribution in [0, 0.1) is 0 Å². The molecule has 2 aliphatic rings. The summed E-state index contributed by atoms with van der Waals surface area (Å²) in [6.45, 7) is 9.35. The highest BCUT2D eigenvalue weighted by molar-refractivity contribution is 5.82. The highest BCUT2D eigenvalue weighted by Gasteiger charge is 2.33. The second-order valence-electron chi connectivity index (χ2n) is 5.49. The zero-order valence-corrected chi connectivity index (χ0v) is 11.8. The van der Waals surface area contributed by atoms with Crippen LogP contribution in [0.25, 0.3) is 0 Å². The summed E-state index contributed by atoms with van der Waals surface area (Å²) in [7, 11) is 0. The van der Waals surface area contributed by atoms with Gasteiger partial charge in [-0.2, -0.15) is 0 Å². The highest BCUT2D eigenvalue weighted by atomic mass is 16.2. The number of likely N-dealkylation sites (tertiary alicyclic amines) is 1. The summed E-state index contributed by atoms with van der Waals surface area (Å²) in [6, 6.07) is 0.727. The molecule has 0 bridgehead atoms. The fourth-order valence-electron chi connectivity index (χ4n) is 2.65. The molecule has 1 N–H and O–H groups in total. The van der Waals surface area contributed by atoms with E-state index in [1.165, 1.54) is 12.8 Å². The van der Waals surface area contributed by atoms with E-state index in [1.807, 2.05) is 0 Å². The lowest BCUT2D eigenvalue weighted by atomic mass is 10.0. The van der Waals surface area contributed by atoms with E-state index in [1.54, 1.807) is 0 Å².